The minimum Gasteiger partial charge on any atom is -0.323 e. The molecular weight excluding hydrogens is 351 g/mol. The lowest BCUT2D eigenvalue weighted by molar-refractivity contribution is 1.15. The van der Waals surface area contributed by atoms with Gasteiger partial charge in [0.25, 0.3) is 0 Å². The maximum Gasteiger partial charge on any atom is 0.227 e. The molecule has 2 rings (SSSR count). The Morgan fingerprint density at radius 1 is 1.29 bits per heavy atom. The Bertz CT molecular complexity index is 577. The lowest BCUT2D eigenvalue weighted by atomic mass is 10.2. The fourth-order valence-electron chi connectivity index (χ4n) is 1.21. The third-order valence-electron chi connectivity index (χ3n) is 1.97. The summed E-state index contributed by atoms with van der Waals surface area (Å²) in [6.45, 7) is 0. The van der Waals surface area contributed by atoms with E-state index in [1.165, 1.54) is 0 Å². The summed E-state index contributed by atoms with van der Waals surface area (Å²) < 4.78 is 0.944. The highest BCUT2D eigenvalue weighted by Crippen LogP contribution is 2.22. The summed E-state index contributed by atoms with van der Waals surface area (Å²) in [6, 6.07) is 7.06. The average Bonchev–Trinajstić information content (AvgIpc) is 2.32. The molecule has 0 spiro atoms. The van der Waals surface area contributed by atoms with Crippen LogP contribution in [0.3, 0.4) is 0 Å². The highest BCUT2D eigenvalue weighted by molar-refractivity contribution is 14.1. The standard InChI is InChI=1S/C11H6ClIN4/c12-8-2-1-7(4-14)10(3-8)17-11-15-5-9(13)6-16-11/h1-3,5-6H,(H,15,16,17). The Labute approximate surface area is 117 Å². The summed E-state index contributed by atoms with van der Waals surface area (Å²) in [5, 5.41) is 12.5. The van der Waals surface area contributed by atoms with Crippen molar-refractivity contribution in [3.63, 3.8) is 0 Å². The second-order valence-electron chi connectivity index (χ2n) is 3.15. The molecule has 0 bridgehead atoms. The first-order chi connectivity index (χ1) is 8.19. The van der Waals surface area contributed by atoms with Crippen LogP contribution in [0, 0.1) is 14.9 Å². The molecule has 4 nitrogen and oxygen atoms in total. The van der Waals surface area contributed by atoms with E-state index in [1.807, 2.05) is 0 Å². The minimum atomic E-state index is 0.434. The van der Waals surface area contributed by atoms with E-state index in [4.69, 9.17) is 16.9 Å². The van der Waals surface area contributed by atoms with E-state index in [9.17, 15) is 0 Å². The van der Waals surface area contributed by atoms with Crippen LogP contribution in [-0.4, -0.2) is 9.97 Å². The normalized spacial score (nSPS) is 9.71. The number of aromatic nitrogens is 2. The van der Waals surface area contributed by atoms with Crippen LogP contribution in [0.15, 0.2) is 30.6 Å². The third kappa shape index (κ3) is 3.05. The molecule has 1 aromatic heterocycles. The van der Waals surface area contributed by atoms with E-state index in [1.54, 1.807) is 30.6 Å². The van der Waals surface area contributed by atoms with Gasteiger partial charge in [0.05, 0.1) is 11.3 Å². The number of anilines is 2. The predicted molar refractivity (Wildman–Crippen MR) is 74.2 cm³/mol. The van der Waals surface area contributed by atoms with Crippen LogP contribution >= 0.6 is 34.2 Å². The van der Waals surface area contributed by atoms with Crippen molar-refractivity contribution < 1.29 is 0 Å². The topological polar surface area (TPSA) is 61.6 Å². The first-order valence-corrected chi connectivity index (χ1v) is 6.09. The van der Waals surface area contributed by atoms with Crippen LogP contribution in [0.5, 0.6) is 0 Å². The van der Waals surface area contributed by atoms with Gasteiger partial charge < -0.3 is 5.32 Å². The van der Waals surface area contributed by atoms with Gasteiger partial charge in [-0.3, -0.25) is 0 Å². The molecule has 0 aliphatic carbocycles. The molecule has 0 radical (unpaired) electrons. The number of hydrogen-bond donors (Lipinski definition) is 1. The fourth-order valence-corrected chi connectivity index (χ4v) is 1.67. The summed E-state index contributed by atoms with van der Waals surface area (Å²) in [7, 11) is 0. The molecule has 0 aliphatic heterocycles. The van der Waals surface area contributed by atoms with Gasteiger partial charge in [-0.15, -0.1) is 0 Å². The van der Waals surface area contributed by atoms with Gasteiger partial charge in [-0.2, -0.15) is 5.26 Å². The predicted octanol–water partition coefficient (Wildman–Crippen LogP) is 3.35. The summed E-state index contributed by atoms with van der Waals surface area (Å²) in [5.41, 5.74) is 1.10. The lowest BCUT2D eigenvalue weighted by Crippen LogP contribution is -1.98. The highest BCUT2D eigenvalue weighted by atomic mass is 127. The van der Waals surface area contributed by atoms with Crippen molar-refractivity contribution in [3.8, 4) is 6.07 Å². The zero-order chi connectivity index (χ0) is 12.3. The maximum atomic E-state index is 8.96. The van der Waals surface area contributed by atoms with Crippen molar-refractivity contribution in [2.75, 3.05) is 5.32 Å². The molecule has 2 aromatic rings. The van der Waals surface area contributed by atoms with E-state index in [2.05, 4.69) is 43.9 Å². The molecule has 6 heteroatoms. The molecule has 0 atom stereocenters. The maximum absolute atomic E-state index is 8.96. The van der Waals surface area contributed by atoms with Crippen LogP contribution < -0.4 is 5.32 Å². The zero-order valence-electron chi connectivity index (χ0n) is 8.48. The zero-order valence-corrected chi connectivity index (χ0v) is 11.4. The quantitative estimate of drug-likeness (QED) is 0.838. The molecule has 1 N–H and O–H groups in total. The van der Waals surface area contributed by atoms with Gasteiger partial charge in [-0.25, -0.2) is 9.97 Å². The molecule has 0 fully saturated rings. The van der Waals surface area contributed by atoms with Gasteiger partial charge in [-0.05, 0) is 40.8 Å². The van der Waals surface area contributed by atoms with Crippen LogP contribution in [0.4, 0.5) is 11.6 Å². The molecule has 0 aliphatic rings. The van der Waals surface area contributed by atoms with Gasteiger partial charge in [-0.1, -0.05) is 11.6 Å². The van der Waals surface area contributed by atoms with E-state index in [0.717, 1.165) is 3.57 Å². The van der Waals surface area contributed by atoms with Gasteiger partial charge in [0.1, 0.15) is 6.07 Å². The SMILES string of the molecule is N#Cc1ccc(Cl)cc1Nc1ncc(I)cn1. The van der Waals surface area contributed by atoms with Crippen molar-refractivity contribution in [2.24, 2.45) is 0 Å². The number of hydrogen-bond acceptors (Lipinski definition) is 4. The van der Waals surface area contributed by atoms with Crippen molar-refractivity contribution >= 4 is 45.8 Å². The van der Waals surface area contributed by atoms with Gasteiger partial charge in [0.15, 0.2) is 0 Å². The number of benzene rings is 1. The highest BCUT2D eigenvalue weighted by Gasteiger charge is 2.04. The smallest absolute Gasteiger partial charge is 0.227 e. The molecule has 84 valence electrons. The molecule has 0 unspecified atom stereocenters. The van der Waals surface area contributed by atoms with Crippen LogP contribution in [-0.2, 0) is 0 Å². The van der Waals surface area contributed by atoms with E-state index in [-0.39, 0.29) is 0 Å². The Kier molecular flexibility index (Phi) is 3.76. The van der Waals surface area contributed by atoms with Crippen LogP contribution in [0.1, 0.15) is 5.56 Å². The van der Waals surface area contributed by atoms with E-state index in [0.29, 0.717) is 22.2 Å². The summed E-state index contributed by atoms with van der Waals surface area (Å²) in [5.74, 6) is 0.434. The summed E-state index contributed by atoms with van der Waals surface area (Å²) >= 11 is 7.99. The minimum absolute atomic E-state index is 0.434. The molecule has 1 heterocycles. The number of nitrogens with zero attached hydrogens (tertiary/aromatic N) is 3. The molecule has 17 heavy (non-hydrogen) atoms. The van der Waals surface area contributed by atoms with Crippen molar-refractivity contribution in [1.82, 2.24) is 9.97 Å². The van der Waals surface area contributed by atoms with Gasteiger partial charge >= 0.3 is 0 Å². The Hall–Kier alpha value is -1.39. The number of halogens is 2. The fraction of sp³-hybridized carbons (Fsp3) is 0. The molecular formula is C11H6ClIN4. The van der Waals surface area contributed by atoms with Gasteiger partial charge in [0.2, 0.25) is 5.95 Å². The summed E-state index contributed by atoms with van der Waals surface area (Å²) in [6.07, 6.45) is 3.37. The average molecular weight is 357 g/mol. The van der Waals surface area contributed by atoms with Gasteiger partial charge in [0, 0.05) is 21.0 Å². The molecule has 0 saturated carbocycles. The number of nitrogens with one attached hydrogen (secondary N) is 1. The second-order valence-corrected chi connectivity index (χ2v) is 4.83. The number of nitriles is 1. The first-order valence-electron chi connectivity index (χ1n) is 4.63. The lowest BCUT2D eigenvalue weighted by Gasteiger charge is -2.06. The van der Waals surface area contributed by atoms with Crippen molar-refractivity contribution in [2.45, 2.75) is 0 Å². The third-order valence-corrected chi connectivity index (χ3v) is 2.76. The summed E-state index contributed by atoms with van der Waals surface area (Å²) in [4.78, 5) is 8.19. The van der Waals surface area contributed by atoms with Crippen LogP contribution in [0.25, 0.3) is 0 Å². The monoisotopic (exact) mass is 356 g/mol. The van der Waals surface area contributed by atoms with E-state index < -0.39 is 0 Å². The van der Waals surface area contributed by atoms with Crippen molar-refractivity contribution in [3.05, 3.63) is 44.7 Å². The molecule has 0 amide bonds. The van der Waals surface area contributed by atoms with Crippen molar-refractivity contribution in [1.29, 1.82) is 5.26 Å². The first kappa shape index (κ1) is 12.1. The number of rotatable bonds is 2. The molecule has 0 saturated heterocycles. The molecule has 1 aromatic carbocycles. The Balaban J connectivity index is 2.32. The Morgan fingerprint density at radius 3 is 2.65 bits per heavy atom. The largest absolute Gasteiger partial charge is 0.323 e. The van der Waals surface area contributed by atoms with E-state index >= 15 is 0 Å². The van der Waals surface area contributed by atoms with Crippen LogP contribution in [0.2, 0.25) is 5.02 Å². The second kappa shape index (κ2) is 5.29. The Morgan fingerprint density at radius 2 is 2.00 bits per heavy atom.